The molecule has 16 heavy (non-hydrogen) atoms. The number of rotatable bonds is 3. The van der Waals surface area contributed by atoms with Gasteiger partial charge in [-0.2, -0.15) is 0 Å². The van der Waals surface area contributed by atoms with Gasteiger partial charge in [-0.25, -0.2) is 0 Å². The van der Waals surface area contributed by atoms with E-state index < -0.39 is 0 Å². The van der Waals surface area contributed by atoms with E-state index >= 15 is 0 Å². The van der Waals surface area contributed by atoms with Gasteiger partial charge in [0.05, 0.1) is 12.8 Å². The molecule has 1 aliphatic rings. The summed E-state index contributed by atoms with van der Waals surface area (Å²) in [6.45, 7) is 2.95. The first kappa shape index (κ1) is 11.6. The van der Waals surface area contributed by atoms with E-state index in [1.807, 2.05) is 0 Å². The fraction of sp³-hybridized carbons (Fsp3) is 0.571. The zero-order valence-electron chi connectivity index (χ0n) is 10.2. The summed E-state index contributed by atoms with van der Waals surface area (Å²) in [5, 5.41) is 0. The molecule has 1 aromatic carbocycles. The molecule has 0 spiro atoms. The van der Waals surface area contributed by atoms with Gasteiger partial charge in [-0.3, -0.25) is 4.90 Å². The van der Waals surface area contributed by atoms with Crippen LogP contribution in [0.2, 0.25) is 0 Å². The average molecular weight is 219 g/mol. The SMILES string of the molecule is C[C@@H]1C[C@H](CCc2ccccc2)N(C)CO1. The molecule has 88 valence electrons. The van der Waals surface area contributed by atoms with Gasteiger partial charge in [0.2, 0.25) is 0 Å². The summed E-state index contributed by atoms with van der Waals surface area (Å²) < 4.78 is 5.60. The molecule has 2 atom stereocenters. The van der Waals surface area contributed by atoms with Crippen LogP contribution in [0, 0.1) is 0 Å². The van der Waals surface area contributed by atoms with E-state index in [9.17, 15) is 0 Å². The predicted octanol–water partition coefficient (Wildman–Crippen LogP) is 2.69. The van der Waals surface area contributed by atoms with E-state index in [4.69, 9.17) is 4.74 Å². The minimum atomic E-state index is 0.414. The summed E-state index contributed by atoms with van der Waals surface area (Å²) in [6.07, 6.45) is 3.97. The van der Waals surface area contributed by atoms with Crippen molar-refractivity contribution in [3.05, 3.63) is 35.9 Å². The third-order valence-corrected chi connectivity index (χ3v) is 3.40. The van der Waals surface area contributed by atoms with Gasteiger partial charge >= 0.3 is 0 Å². The Labute approximate surface area is 98.2 Å². The van der Waals surface area contributed by atoms with Gasteiger partial charge in [0.1, 0.15) is 0 Å². The number of ether oxygens (including phenoxy) is 1. The molecule has 0 saturated carbocycles. The number of hydrogen-bond acceptors (Lipinski definition) is 2. The highest BCUT2D eigenvalue weighted by Crippen LogP contribution is 2.19. The molecule has 0 amide bonds. The normalized spacial score (nSPS) is 26.9. The van der Waals surface area contributed by atoms with Crippen molar-refractivity contribution in [2.75, 3.05) is 13.8 Å². The second-order valence-electron chi connectivity index (χ2n) is 4.78. The monoisotopic (exact) mass is 219 g/mol. The van der Waals surface area contributed by atoms with Crippen molar-refractivity contribution in [2.45, 2.75) is 38.3 Å². The van der Waals surface area contributed by atoms with Crippen molar-refractivity contribution < 1.29 is 4.74 Å². The lowest BCUT2D eigenvalue weighted by atomic mass is 9.99. The van der Waals surface area contributed by atoms with Crippen molar-refractivity contribution >= 4 is 0 Å². The maximum atomic E-state index is 5.60. The van der Waals surface area contributed by atoms with E-state index in [1.54, 1.807) is 0 Å². The molecular formula is C14H21NO. The highest BCUT2D eigenvalue weighted by atomic mass is 16.5. The summed E-state index contributed by atoms with van der Waals surface area (Å²) in [5.74, 6) is 0. The zero-order valence-corrected chi connectivity index (χ0v) is 10.2. The molecular weight excluding hydrogens is 198 g/mol. The average Bonchev–Trinajstić information content (AvgIpc) is 2.32. The maximum Gasteiger partial charge on any atom is 0.0993 e. The molecule has 0 bridgehead atoms. The molecule has 1 aromatic rings. The molecule has 2 heteroatoms. The van der Waals surface area contributed by atoms with Crippen LogP contribution in [0.25, 0.3) is 0 Å². The lowest BCUT2D eigenvalue weighted by Crippen LogP contribution is -2.42. The Bertz CT molecular complexity index is 312. The third-order valence-electron chi connectivity index (χ3n) is 3.40. The molecule has 1 saturated heterocycles. The van der Waals surface area contributed by atoms with Crippen molar-refractivity contribution in [1.82, 2.24) is 4.90 Å². The maximum absolute atomic E-state index is 5.60. The Morgan fingerprint density at radius 1 is 1.31 bits per heavy atom. The first-order chi connectivity index (χ1) is 7.75. The Hall–Kier alpha value is -0.860. The van der Waals surface area contributed by atoms with Crippen LogP contribution in [0.1, 0.15) is 25.3 Å². The van der Waals surface area contributed by atoms with Crippen molar-refractivity contribution in [3.8, 4) is 0 Å². The highest BCUT2D eigenvalue weighted by molar-refractivity contribution is 5.14. The van der Waals surface area contributed by atoms with Gasteiger partial charge in [0.15, 0.2) is 0 Å². The molecule has 2 rings (SSSR count). The third kappa shape index (κ3) is 3.06. The quantitative estimate of drug-likeness (QED) is 0.775. The zero-order chi connectivity index (χ0) is 11.4. The summed E-state index contributed by atoms with van der Waals surface area (Å²) >= 11 is 0. The van der Waals surface area contributed by atoms with E-state index in [1.165, 1.54) is 18.4 Å². The van der Waals surface area contributed by atoms with Crippen molar-refractivity contribution in [2.24, 2.45) is 0 Å². The van der Waals surface area contributed by atoms with E-state index in [0.717, 1.165) is 13.2 Å². The lowest BCUT2D eigenvalue weighted by molar-refractivity contribution is -0.0790. The van der Waals surface area contributed by atoms with Crippen molar-refractivity contribution in [3.63, 3.8) is 0 Å². The van der Waals surface area contributed by atoms with Crippen LogP contribution in [0.5, 0.6) is 0 Å². The van der Waals surface area contributed by atoms with E-state index in [2.05, 4.69) is 49.2 Å². The summed E-state index contributed by atoms with van der Waals surface area (Å²) in [7, 11) is 2.15. The minimum Gasteiger partial charge on any atom is -0.363 e. The van der Waals surface area contributed by atoms with Gasteiger partial charge in [-0.1, -0.05) is 30.3 Å². The molecule has 1 aliphatic heterocycles. The molecule has 0 N–H and O–H groups in total. The standard InChI is InChI=1S/C14H21NO/c1-12-10-14(15(2)11-16-12)9-8-13-6-4-3-5-7-13/h3-7,12,14H,8-11H2,1-2H3/t12-,14+/m1/s1. The van der Waals surface area contributed by atoms with Crippen LogP contribution >= 0.6 is 0 Å². The fourth-order valence-electron chi connectivity index (χ4n) is 2.30. The second-order valence-corrected chi connectivity index (χ2v) is 4.78. The van der Waals surface area contributed by atoms with Gasteiger partial charge in [0.25, 0.3) is 0 Å². The Morgan fingerprint density at radius 2 is 2.06 bits per heavy atom. The number of aryl methyl sites for hydroxylation is 1. The molecule has 0 unspecified atom stereocenters. The predicted molar refractivity (Wildman–Crippen MR) is 66.3 cm³/mol. The van der Waals surface area contributed by atoms with Crippen LogP contribution in [0.3, 0.4) is 0 Å². The second kappa shape index (κ2) is 5.46. The largest absolute Gasteiger partial charge is 0.363 e. The van der Waals surface area contributed by atoms with Crippen LogP contribution in [-0.4, -0.2) is 30.8 Å². The molecule has 1 heterocycles. The first-order valence-corrected chi connectivity index (χ1v) is 6.11. The Kier molecular flexibility index (Phi) is 3.97. The minimum absolute atomic E-state index is 0.414. The van der Waals surface area contributed by atoms with E-state index in [-0.39, 0.29) is 0 Å². The van der Waals surface area contributed by atoms with Gasteiger partial charge in [-0.15, -0.1) is 0 Å². The van der Waals surface area contributed by atoms with Crippen LogP contribution < -0.4 is 0 Å². The van der Waals surface area contributed by atoms with Gasteiger partial charge in [-0.05, 0) is 38.8 Å². The number of benzene rings is 1. The number of nitrogens with zero attached hydrogens (tertiary/aromatic N) is 1. The Morgan fingerprint density at radius 3 is 2.81 bits per heavy atom. The summed E-state index contributed by atoms with van der Waals surface area (Å²) in [6, 6.07) is 11.4. The number of hydrogen-bond donors (Lipinski definition) is 0. The smallest absolute Gasteiger partial charge is 0.0993 e. The molecule has 2 nitrogen and oxygen atoms in total. The lowest BCUT2D eigenvalue weighted by Gasteiger charge is -2.36. The summed E-state index contributed by atoms with van der Waals surface area (Å²) in [4.78, 5) is 2.32. The molecule has 1 fully saturated rings. The summed E-state index contributed by atoms with van der Waals surface area (Å²) in [5.41, 5.74) is 1.44. The van der Waals surface area contributed by atoms with Crippen LogP contribution in [-0.2, 0) is 11.2 Å². The molecule has 0 radical (unpaired) electrons. The van der Waals surface area contributed by atoms with Gasteiger partial charge < -0.3 is 4.74 Å². The van der Waals surface area contributed by atoms with Gasteiger partial charge in [0, 0.05) is 6.04 Å². The van der Waals surface area contributed by atoms with Crippen LogP contribution in [0.15, 0.2) is 30.3 Å². The van der Waals surface area contributed by atoms with E-state index in [0.29, 0.717) is 12.1 Å². The molecule has 0 aliphatic carbocycles. The van der Waals surface area contributed by atoms with Crippen LogP contribution in [0.4, 0.5) is 0 Å². The highest BCUT2D eigenvalue weighted by Gasteiger charge is 2.23. The first-order valence-electron chi connectivity index (χ1n) is 6.11. The van der Waals surface area contributed by atoms with Crippen molar-refractivity contribution in [1.29, 1.82) is 0 Å². The Balaban J connectivity index is 1.85. The topological polar surface area (TPSA) is 12.5 Å². The fourth-order valence-corrected chi connectivity index (χ4v) is 2.30. The molecule has 0 aromatic heterocycles.